The molecule has 0 amide bonds. The van der Waals surface area contributed by atoms with Crippen LogP contribution in [0.1, 0.15) is 5.56 Å². The van der Waals surface area contributed by atoms with E-state index in [0.29, 0.717) is 11.3 Å². The number of hydrogen-bond donors (Lipinski definition) is 5. The van der Waals surface area contributed by atoms with Crippen molar-refractivity contribution in [2.45, 2.75) is 4.90 Å². The molecule has 1 aliphatic rings. The van der Waals surface area contributed by atoms with Gasteiger partial charge in [-0.3, -0.25) is 9.11 Å². The van der Waals surface area contributed by atoms with Crippen LogP contribution in [0.2, 0.25) is 5.02 Å². The summed E-state index contributed by atoms with van der Waals surface area (Å²) in [5.74, 6) is -0.165. The molecule has 0 bridgehead atoms. The fraction of sp³-hybridized carbons (Fsp3) is 0. The minimum absolute atomic E-state index is 0.0212. The predicted molar refractivity (Wildman–Crippen MR) is 90.1 cm³/mol. The van der Waals surface area contributed by atoms with Crippen LogP contribution >= 0.6 is 22.4 Å². The molecule has 0 radical (unpaired) electrons. The first-order chi connectivity index (χ1) is 10.9. The molecule has 5 N–H and O–H groups in total. The third-order valence-electron chi connectivity index (χ3n) is 3.08. The molecule has 23 heavy (non-hydrogen) atoms. The van der Waals surface area contributed by atoms with Gasteiger partial charge in [-0.25, -0.2) is 0 Å². The van der Waals surface area contributed by atoms with Gasteiger partial charge >= 0.3 is 0 Å². The first-order valence-corrected chi connectivity index (χ1v) is 8.22. The minimum atomic E-state index is -3.50. The van der Waals surface area contributed by atoms with Crippen LogP contribution < -0.4 is 10.6 Å². The number of phenols is 1. The fourth-order valence-corrected chi connectivity index (χ4v) is 3.48. The van der Waals surface area contributed by atoms with Gasteiger partial charge in [0.05, 0.1) is 11.6 Å². The summed E-state index contributed by atoms with van der Waals surface area (Å²) >= 11 is 5.82. The number of nitrogens with zero attached hydrogens (tertiary/aromatic N) is 2. The lowest BCUT2D eigenvalue weighted by Gasteiger charge is -2.34. The molecule has 1 aliphatic heterocycles. The van der Waals surface area contributed by atoms with Gasteiger partial charge in [-0.1, -0.05) is 22.4 Å². The second kappa shape index (κ2) is 5.64. The van der Waals surface area contributed by atoms with Crippen molar-refractivity contribution in [2.24, 2.45) is 4.40 Å². The van der Waals surface area contributed by atoms with E-state index in [1.807, 2.05) is 6.07 Å². The second-order valence-electron chi connectivity index (χ2n) is 4.70. The summed E-state index contributed by atoms with van der Waals surface area (Å²) in [6.45, 7) is 0. The van der Waals surface area contributed by atoms with Crippen molar-refractivity contribution in [1.29, 1.82) is 5.26 Å². The van der Waals surface area contributed by atoms with Crippen LogP contribution in [-0.4, -0.2) is 20.2 Å². The second-order valence-corrected chi connectivity index (χ2v) is 6.79. The van der Waals surface area contributed by atoms with Crippen molar-refractivity contribution in [3.05, 3.63) is 47.0 Å². The Labute approximate surface area is 138 Å². The highest BCUT2D eigenvalue weighted by Gasteiger charge is 2.28. The topological polar surface area (TPSA) is 121 Å². The van der Waals surface area contributed by atoms with E-state index in [1.165, 1.54) is 12.1 Å². The first-order valence-electron chi connectivity index (χ1n) is 6.34. The van der Waals surface area contributed by atoms with Crippen LogP contribution in [0, 0.1) is 11.3 Å². The van der Waals surface area contributed by atoms with Crippen LogP contribution in [0.25, 0.3) is 0 Å². The van der Waals surface area contributed by atoms with Gasteiger partial charge in [-0.15, -0.1) is 4.40 Å². The summed E-state index contributed by atoms with van der Waals surface area (Å²) in [6.07, 6.45) is 0. The largest absolute Gasteiger partial charge is 0.506 e. The Bertz CT molecular complexity index is 846. The third kappa shape index (κ3) is 3.04. The molecule has 1 heterocycles. The van der Waals surface area contributed by atoms with Crippen molar-refractivity contribution in [3.8, 4) is 11.8 Å². The average Bonchev–Trinajstić information content (AvgIpc) is 2.49. The molecule has 0 unspecified atom stereocenters. The highest BCUT2D eigenvalue weighted by atomic mass is 35.5. The van der Waals surface area contributed by atoms with Crippen molar-refractivity contribution in [3.63, 3.8) is 0 Å². The summed E-state index contributed by atoms with van der Waals surface area (Å²) in [5, 5.41) is 24.5. The zero-order chi connectivity index (χ0) is 16.6. The Balaban J connectivity index is 1.93. The lowest BCUT2D eigenvalue weighted by molar-refractivity contribution is 0.470. The molecule has 0 aromatic heterocycles. The molecule has 0 saturated carbocycles. The number of benzene rings is 2. The molecular weight excluding hydrogens is 340 g/mol. The van der Waals surface area contributed by atoms with E-state index >= 15 is 0 Å². The molecule has 0 aliphatic carbocycles. The van der Waals surface area contributed by atoms with E-state index < -0.39 is 10.8 Å². The number of guanidine groups is 1. The van der Waals surface area contributed by atoms with Crippen LogP contribution in [0.15, 0.2) is 45.7 Å². The summed E-state index contributed by atoms with van der Waals surface area (Å²) in [5.41, 5.74) is 1.21. The highest BCUT2D eigenvalue weighted by Crippen LogP contribution is 2.57. The standard InChI is InChI=1S/C14H11ClN4O3S/c15-9-5-11(20)13-12(6-9)23(21,22)19-14(18-13)17-10-3-1-8(7-16)2-4-10/h1-6,20-22H,(H2,17,18,19). The smallest absolute Gasteiger partial charge is 0.223 e. The Morgan fingerprint density at radius 1 is 1.22 bits per heavy atom. The van der Waals surface area contributed by atoms with E-state index in [-0.39, 0.29) is 27.3 Å². The Kier molecular flexibility index (Phi) is 3.79. The molecule has 2 aromatic carbocycles. The van der Waals surface area contributed by atoms with Crippen LogP contribution in [0.3, 0.4) is 0 Å². The van der Waals surface area contributed by atoms with Crippen molar-refractivity contribution in [2.75, 3.05) is 10.6 Å². The van der Waals surface area contributed by atoms with Crippen molar-refractivity contribution >= 4 is 39.7 Å². The number of aromatic hydroxyl groups is 1. The van der Waals surface area contributed by atoms with Crippen LogP contribution in [0.5, 0.6) is 5.75 Å². The number of nitrogens with one attached hydrogen (secondary N) is 2. The maximum Gasteiger partial charge on any atom is 0.223 e. The highest BCUT2D eigenvalue weighted by molar-refractivity contribution is 8.23. The number of hydrogen-bond acceptors (Lipinski definition) is 7. The number of phenolic OH excluding ortho intramolecular Hbond substituents is 1. The van der Waals surface area contributed by atoms with Crippen molar-refractivity contribution < 1.29 is 14.2 Å². The molecule has 0 fully saturated rings. The molecule has 0 spiro atoms. The maximum absolute atomic E-state index is 10.2. The summed E-state index contributed by atoms with van der Waals surface area (Å²) < 4.78 is 24.2. The third-order valence-corrected chi connectivity index (χ3v) is 4.65. The van der Waals surface area contributed by atoms with Gasteiger partial charge in [0.15, 0.2) is 0 Å². The summed E-state index contributed by atoms with van der Waals surface area (Å²) in [7, 11) is -3.50. The van der Waals surface area contributed by atoms with Crippen LogP contribution in [-0.2, 0) is 0 Å². The zero-order valence-corrected chi connectivity index (χ0v) is 13.1. The molecule has 118 valence electrons. The zero-order valence-electron chi connectivity index (χ0n) is 11.5. The summed E-state index contributed by atoms with van der Waals surface area (Å²) in [4.78, 5) is 0.0212. The van der Waals surface area contributed by atoms with Gasteiger partial charge in [0.1, 0.15) is 16.3 Å². The molecule has 9 heteroatoms. The normalized spacial score (nSPS) is 16.3. The van der Waals surface area contributed by atoms with Gasteiger partial charge in [-0.2, -0.15) is 5.26 Å². The van der Waals surface area contributed by atoms with E-state index in [2.05, 4.69) is 15.0 Å². The van der Waals surface area contributed by atoms with Crippen molar-refractivity contribution in [1.82, 2.24) is 0 Å². The van der Waals surface area contributed by atoms with Gasteiger partial charge in [0.25, 0.3) is 0 Å². The molecule has 7 nitrogen and oxygen atoms in total. The monoisotopic (exact) mass is 350 g/mol. The number of anilines is 2. The van der Waals surface area contributed by atoms with Gasteiger partial charge in [0, 0.05) is 16.8 Å². The number of nitriles is 1. The lowest BCUT2D eigenvalue weighted by Crippen LogP contribution is -2.27. The van der Waals surface area contributed by atoms with Gasteiger partial charge in [0.2, 0.25) is 5.96 Å². The Morgan fingerprint density at radius 3 is 2.57 bits per heavy atom. The van der Waals surface area contributed by atoms with E-state index in [4.69, 9.17) is 16.9 Å². The van der Waals surface area contributed by atoms with E-state index in [1.54, 1.807) is 24.3 Å². The first kappa shape index (κ1) is 15.5. The molecular formula is C14H11ClN4O3S. The molecule has 0 atom stereocenters. The quantitative estimate of drug-likeness (QED) is 0.498. The summed E-state index contributed by atoms with van der Waals surface area (Å²) in [6, 6.07) is 11.1. The average molecular weight is 351 g/mol. The lowest BCUT2D eigenvalue weighted by atomic mass is 10.2. The Morgan fingerprint density at radius 2 is 1.91 bits per heavy atom. The molecule has 3 rings (SSSR count). The molecule has 2 aromatic rings. The Hall–Kier alpha value is -2.44. The predicted octanol–water partition coefficient (Wildman–Crippen LogP) is 3.84. The number of fused-ring (bicyclic) bond motifs is 1. The number of rotatable bonds is 1. The molecule has 0 saturated heterocycles. The van der Waals surface area contributed by atoms with E-state index in [9.17, 15) is 14.2 Å². The van der Waals surface area contributed by atoms with Gasteiger partial charge < -0.3 is 15.7 Å². The van der Waals surface area contributed by atoms with Crippen LogP contribution in [0.4, 0.5) is 11.4 Å². The van der Waals surface area contributed by atoms with Gasteiger partial charge in [-0.05, 0) is 30.3 Å². The van der Waals surface area contributed by atoms with E-state index in [0.717, 1.165) is 0 Å². The fourth-order valence-electron chi connectivity index (χ4n) is 2.05. The SMILES string of the molecule is N#Cc1ccc(NC2=NS(O)(O)c3cc(Cl)cc(O)c3N2)cc1. The number of halogens is 1. The maximum atomic E-state index is 10.2. The minimum Gasteiger partial charge on any atom is -0.506 e.